The van der Waals surface area contributed by atoms with E-state index in [1.54, 1.807) is 31.5 Å². The minimum atomic E-state index is -1.37. The average Bonchev–Trinajstić information content (AvgIpc) is 2.95. The number of carbonyl (C=O) groups is 2. The van der Waals surface area contributed by atoms with Gasteiger partial charge >= 0.3 is 11.9 Å². The number of cyclic esters (lactones) is 2. The first-order valence-electron chi connectivity index (χ1n) is 10.4. The highest BCUT2D eigenvalue weighted by Crippen LogP contribution is 2.37. The Kier molecular flexibility index (Phi) is 5.46. The number of benzene rings is 1. The zero-order valence-corrected chi connectivity index (χ0v) is 18.4. The Morgan fingerprint density at radius 2 is 1.75 bits per heavy atom. The summed E-state index contributed by atoms with van der Waals surface area (Å²) in [4.78, 5) is 30.2. The van der Waals surface area contributed by atoms with Gasteiger partial charge in [0.05, 0.1) is 0 Å². The van der Waals surface area contributed by atoms with E-state index in [0.717, 1.165) is 16.0 Å². The summed E-state index contributed by atoms with van der Waals surface area (Å²) in [6, 6.07) is 13.1. The van der Waals surface area contributed by atoms with E-state index in [1.165, 1.54) is 13.8 Å². The van der Waals surface area contributed by atoms with Crippen LogP contribution < -0.4 is 4.73 Å². The molecule has 0 spiro atoms. The Morgan fingerprint density at radius 3 is 2.34 bits per heavy atom. The molecule has 0 aliphatic carbocycles. The minimum absolute atomic E-state index is 0.260. The predicted molar refractivity (Wildman–Crippen MR) is 114 cm³/mol. The van der Waals surface area contributed by atoms with Gasteiger partial charge < -0.3 is 14.7 Å². The fourth-order valence-electron chi connectivity index (χ4n) is 4.11. The highest BCUT2D eigenvalue weighted by molar-refractivity contribution is 5.98. The van der Waals surface area contributed by atoms with E-state index in [9.17, 15) is 14.8 Å². The molecular formula is C24H25N3O5. The van der Waals surface area contributed by atoms with Crippen molar-refractivity contribution in [3.63, 3.8) is 0 Å². The summed E-state index contributed by atoms with van der Waals surface area (Å²) >= 11 is 0. The van der Waals surface area contributed by atoms with E-state index in [-0.39, 0.29) is 5.82 Å². The molecule has 0 radical (unpaired) electrons. The van der Waals surface area contributed by atoms with Crippen LogP contribution in [-0.4, -0.2) is 27.3 Å². The van der Waals surface area contributed by atoms with Crippen molar-refractivity contribution < 1.29 is 23.8 Å². The van der Waals surface area contributed by atoms with Gasteiger partial charge in [-0.15, -0.1) is 0 Å². The molecule has 1 fully saturated rings. The lowest BCUT2D eigenvalue weighted by molar-refractivity contribution is -0.621. The number of imidazole rings is 1. The van der Waals surface area contributed by atoms with Crippen LogP contribution in [0.15, 0.2) is 54.9 Å². The van der Waals surface area contributed by atoms with Crippen LogP contribution in [0, 0.1) is 25.0 Å². The van der Waals surface area contributed by atoms with Gasteiger partial charge in [-0.1, -0.05) is 36.4 Å². The monoisotopic (exact) mass is 435 g/mol. The van der Waals surface area contributed by atoms with Gasteiger partial charge in [0.25, 0.3) is 11.6 Å². The molecule has 8 heteroatoms. The fraction of sp³-hybridized carbons (Fsp3) is 0.333. The number of ether oxygens (including phenoxy) is 2. The summed E-state index contributed by atoms with van der Waals surface area (Å²) in [5.74, 6) is -4.85. The largest absolute Gasteiger partial charge is 0.711 e. The molecule has 3 heterocycles. The van der Waals surface area contributed by atoms with Crippen LogP contribution in [0.2, 0.25) is 0 Å². The molecule has 0 amide bonds. The van der Waals surface area contributed by atoms with E-state index in [1.807, 2.05) is 41.8 Å². The van der Waals surface area contributed by atoms with Crippen molar-refractivity contribution in [1.82, 2.24) is 9.55 Å². The standard InChI is InChI=1S/C24H25N3O5/c1-15-16(2)27(30)21(26(15)14-17-9-6-5-7-10-17)19(18-11-8-12-25-13-18)20-22(28)31-24(3,4)32-23(20)29/h5-13,19-20H,14H2,1-4H3/t19-/m0/s1. The van der Waals surface area contributed by atoms with E-state index >= 15 is 0 Å². The first-order chi connectivity index (χ1) is 15.2. The maximum Gasteiger partial charge on any atom is 0.324 e. The molecule has 0 bridgehead atoms. The summed E-state index contributed by atoms with van der Waals surface area (Å²) in [6.07, 6.45) is 3.14. The van der Waals surface area contributed by atoms with Gasteiger partial charge in [0.15, 0.2) is 5.92 Å². The van der Waals surface area contributed by atoms with Crippen LogP contribution in [0.1, 0.15) is 48.1 Å². The zero-order valence-electron chi connectivity index (χ0n) is 18.4. The lowest BCUT2D eigenvalue weighted by Gasteiger charge is -2.35. The van der Waals surface area contributed by atoms with Crippen molar-refractivity contribution in [2.45, 2.75) is 45.9 Å². The minimum Gasteiger partial charge on any atom is -0.711 e. The molecule has 0 unspecified atom stereocenters. The zero-order chi connectivity index (χ0) is 23.0. The summed E-state index contributed by atoms with van der Waals surface area (Å²) in [7, 11) is 0. The second kappa shape index (κ2) is 8.11. The normalized spacial score (nSPS) is 17.0. The smallest absolute Gasteiger partial charge is 0.324 e. The number of aromatic nitrogens is 3. The molecule has 2 aromatic heterocycles. The molecule has 3 aromatic rings. The first-order valence-corrected chi connectivity index (χ1v) is 10.4. The number of carbonyl (C=O) groups excluding carboxylic acids is 2. The Morgan fingerprint density at radius 1 is 1.09 bits per heavy atom. The van der Waals surface area contributed by atoms with Gasteiger partial charge in [0.2, 0.25) is 0 Å². The molecule has 1 aromatic carbocycles. The molecule has 166 valence electrons. The van der Waals surface area contributed by atoms with Gasteiger partial charge in [-0.05, 0) is 17.2 Å². The molecule has 1 saturated heterocycles. The molecule has 32 heavy (non-hydrogen) atoms. The lowest BCUT2D eigenvalue weighted by atomic mass is 9.85. The van der Waals surface area contributed by atoms with Gasteiger partial charge in [-0.3, -0.25) is 14.6 Å². The third-order valence-electron chi connectivity index (χ3n) is 5.76. The third kappa shape index (κ3) is 3.84. The molecular weight excluding hydrogens is 410 g/mol. The molecule has 8 nitrogen and oxygen atoms in total. The van der Waals surface area contributed by atoms with Crippen LogP contribution in [0.25, 0.3) is 0 Å². The Hall–Kier alpha value is -3.68. The van der Waals surface area contributed by atoms with Crippen molar-refractivity contribution in [2.24, 2.45) is 5.92 Å². The summed E-state index contributed by atoms with van der Waals surface area (Å²) in [6.45, 7) is 6.96. The van der Waals surface area contributed by atoms with Crippen molar-refractivity contribution in [3.8, 4) is 0 Å². The van der Waals surface area contributed by atoms with E-state index < -0.39 is 29.6 Å². The van der Waals surface area contributed by atoms with Crippen LogP contribution in [-0.2, 0) is 25.6 Å². The second-order valence-electron chi connectivity index (χ2n) is 8.38. The van der Waals surface area contributed by atoms with E-state index in [4.69, 9.17) is 9.47 Å². The highest BCUT2D eigenvalue weighted by atomic mass is 16.7. The van der Waals surface area contributed by atoms with Crippen molar-refractivity contribution in [2.75, 3.05) is 0 Å². The van der Waals surface area contributed by atoms with Crippen LogP contribution in [0.4, 0.5) is 0 Å². The SMILES string of the molecule is Cc1c(C)[n+]([O-])c([C@@H](c2cccnc2)C2C(=O)OC(C)(C)OC2=O)n1Cc1ccccc1. The van der Waals surface area contributed by atoms with E-state index in [2.05, 4.69) is 4.98 Å². The number of hydrogen-bond acceptors (Lipinski definition) is 6. The fourth-order valence-corrected chi connectivity index (χ4v) is 4.11. The number of nitrogens with zero attached hydrogens (tertiary/aromatic N) is 3. The van der Waals surface area contributed by atoms with Gasteiger partial charge in [0.1, 0.15) is 23.9 Å². The highest BCUT2D eigenvalue weighted by Gasteiger charge is 2.52. The van der Waals surface area contributed by atoms with Crippen LogP contribution in [0.5, 0.6) is 0 Å². The maximum atomic E-state index is 13.4. The van der Waals surface area contributed by atoms with Gasteiger partial charge in [0, 0.05) is 40.1 Å². The molecule has 0 N–H and O–H groups in total. The lowest BCUT2D eigenvalue weighted by Crippen LogP contribution is -2.50. The maximum absolute atomic E-state index is 13.4. The molecule has 4 rings (SSSR count). The number of rotatable bonds is 5. The average molecular weight is 435 g/mol. The van der Waals surface area contributed by atoms with E-state index in [0.29, 0.717) is 17.8 Å². The van der Waals surface area contributed by atoms with Crippen LogP contribution >= 0.6 is 0 Å². The third-order valence-corrected chi connectivity index (χ3v) is 5.76. The Labute approximate surface area is 186 Å². The van der Waals surface area contributed by atoms with Gasteiger partial charge in [-0.25, -0.2) is 9.30 Å². The predicted octanol–water partition coefficient (Wildman–Crippen LogP) is 2.77. The molecule has 1 aliphatic heterocycles. The quantitative estimate of drug-likeness (QED) is 0.265. The number of pyridine rings is 1. The summed E-state index contributed by atoms with van der Waals surface area (Å²) in [5.41, 5.74) is 2.75. The van der Waals surface area contributed by atoms with Crippen molar-refractivity contribution >= 4 is 11.9 Å². The van der Waals surface area contributed by atoms with Crippen LogP contribution in [0.3, 0.4) is 0 Å². The Balaban J connectivity index is 1.91. The number of esters is 2. The Bertz CT molecular complexity index is 1140. The molecule has 1 aliphatic rings. The topological polar surface area (TPSA) is 97.4 Å². The molecule has 1 atom stereocenters. The summed E-state index contributed by atoms with van der Waals surface area (Å²) in [5, 5.41) is 13.4. The second-order valence-corrected chi connectivity index (χ2v) is 8.38. The number of hydrogen-bond donors (Lipinski definition) is 0. The van der Waals surface area contributed by atoms with Gasteiger partial charge in [-0.2, -0.15) is 0 Å². The van der Waals surface area contributed by atoms with Crippen molar-refractivity contribution in [1.29, 1.82) is 0 Å². The summed E-state index contributed by atoms with van der Waals surface area (Å²) < 4.78 is 13.4. The van der Waals surface area contributed by atoms with Crippen molar-refractivity contribution in [3.05, 3.63) is 88.4 Å². The first kappa shape index (κ1) is 21.5. The molecule has 0 saturated carbocycles.